The van der Waals surface area contributed by atoms with Crippen molar-refractivity contribution in [3.05, 3.63) is 158 Å². The zero-order valence-corrected chi connectivity index (χ0v) is 25.9. The standard InChI is InChI=1S/C46H26N2/c1-6-29-19-20-30-7-2-11-36-37-13-4-14-38-39(26-33-8-3-12-35(43(33)44(37)38)34(10-1)41(29)42(30)36)27-15-17-28(18-16-27)40-24-23-32-22-21-31-9-5-25-47-45(31)46(32)48-40/h1-26H. The maximum absolute atomic E-state index is 5.11. The highest BCUT2D eigenvalue weighted by atomic mass is 14.7. The number of benzene rings is 8. The van der Waals surface area contributed by atoms with Gasteiger partial charge >= 0.3 is 0 Å². The third-order valence-corrected chi connectivity index (χ3v) is 10.4. The maximum atomic E-state index is 5.11. The Labute approximate surface area is 275 Å². The Hall–Kier alpha value is -6.38. The van der Waals surface area contributed by atoms with Gasteiger partial charge in [0.25, 0.3) is 0 Å². The predicted molar refractivity (Wildman–Crippen MR) is 204 cm³/mol. The van der Waals surface area contributed by atoms with E-state index in [2.05, 4.69) is 151 Å². The molecule has 2 heteroatoms. The molecule has 0 saturated heterocycles. The number of hydrogen-bond acceptors (Lipinski definition) is 2. The molecule has 0 spiro atoms. The molecule has 2 heterocycles. The highest BCUT2D eigenvalue weighted by Gasteiger charge is 2.17. The van der Waals surface area contributed by atoms with E-state index in [1.165, 1.54) is 75.8 Å². The van der Waals surface area contributed by atoms with E-state index in [-0.39, 0.29) is 0 Å². The van der Waals surface area contributed by atoms with Crippen LogP contribution >= 0.6 is 0 Å². The van der Waals surface area contributed by atoms with E-state index in [4.69, 9.17) is 4.98 Å². The summed E-state index contributed by atoms with van der Waals surface area (Å²) in [6, 6.07) is 55.6. The number of aromatic nitrogens is 2. The third kappa shape index (κ3) is 3.52. The van der Waals surface area contributed by atoms with Crippen molar-refractivity contribution in [1.29, 1.82) is 0 Å². The number of hydrogen-bond donors (Lipinski definition) is 0. The molecule has 0 atom stereocenters. The summed E-state index contributed by atoms with van der Waals surface area (Å²) in [5.74, 6) is 0. The van der Waals surface area contributed by atoms with Crippen molar-refractivity contribution in [2.24, 2.45) is 0 Å². The van der Waals surface area contributed by atoms with Crippen LogP contribution in [0, 0.1) is 0 Å². The van der Waals surface area contributed by atoms with E-state index >= 15 is 0 Å². The average Bonchev–Trinajstić information content (AvgIpc) is 3.15. The molecule has 0 amide bonds. The quantitative estimate of drug-likeness (QED) is 0.183. The lowest BCUT2D eigenvalue weighted by atomic mass is 9.85. The van der Waals surface area contributed by atoms with Crippen LogP contribution in [0.5, 0.6) is 0 Å². The molecule has 0 aliphatic carbocycles. The second kappa shape index (κ2) is 9.57. The number of pyridine rings is 2. The Morgan fingerprint density at radius 1 is 0.333 bits per heavy atom. The van der Waals surface area contributed by atoms with Crippen LogP contribution in [0.1, 0.15) is 0 Å². The Kier molecular flexibility index (Phi) is 5.14. The van der Waals surface area contributed by atoms with E-state index in [1.54, 1.807) is 0 Å². The molecule has 0 N–H and O–H groups in total. The Morgan fingerprint density at radius 2 is 0.833 bits per heavy atom. The summed E-state index contributed by atoms with van der Waals surface area (Å²) in [6.07, 6.45) is 1.84. The van der Waals surface area contributed by atoms with Crippen LogP contribution in [-0.2, 0) is 0 Å². The van der Waals surface area contributed by atoms with E-state index in [1.807, 2.05) is 12.3 Å². The van der Waals surface area contributed by atoms with Crippen molar-refractivity contribution in [3.63, 3.8) is 0 Å². The lowest BCUT2D eigenvalue weighted by molar-refractivity contribution is 1.37. The first-order chi connectivity index (χ1) is 23.8. The first-order valence-electron chi connectivity index (χ1n) is 16.5. The van der Waals surface area contributed by atoms with Crippen molar-refractivity contribution >= 4 is 86.4 Å². The van der Waals surface area contributed by atoms with Gasteiger partial charge in [-0.2, -0.15) is 0 Å². The molecular weight excluding hydrogens is 581 g/mol. The molecule has 0 aliphatic heterocycles. The molecule has 220 valence electrons. The summed E-state index contributed by atoms with van der Waals surface area (Å²) in [6.45, 7) is 0. The first-order valence-corrected chi connectivity index (χ1v) is 16.5. The smallest absolute Gasteiger partial charge is 0.0972 e. The van der Waals surface area contributed by atoms with Gasteiger partial charge in [-0.3, -0.25) is 4.98 Å². The van der Waals surface area contributed by atoms with Crippen LogP contribution in [0.3, 0.4) is 0 Å². The van der Waals surface area contributed by atoms with Gasteiger partial charge in [0.1, 0.15) is 0 Å². The van der Waals surface area contributed by atoms with Crippen LogP contribution in [0.4, 0.5) is 0 Å². The minimum absolute atomic E-state index is 0.937. The topological polar surface area (TPSA) is 25.8 Å². The molecule has 0 bridgehead atoms. The molecule has 2 nitrogen and oxygen atoms in total. The Balaban J connectivity index is 1.18. The van der Waals surface area contributed by atoms with Gasteiger partial charge in [0.05, 0.1) is 16.7 Å². The fourth-order valence-electron chi connectivity index (χ4n) is 8.25. The largest absolute Gasteiger partial charge is 0.254 e. The van der Waals surface area contributed by atoms with Crippen molar-refractivity contribution in [2.75, 3.05) is 0 Å². The average molecular weight is 607 g/mol. The molecule has 0 radical (unpaired) electrons. The van der Waals surface area contributed by atoms with Crippen LogP contribution in [-0.4, -0.2) is 9.97 Å². The highest BCUT2D eigenvalue weighted by molar-refractivity contribution is 6.37. The zero-order valence-electron chi connectivity index (χ0n) is 25.9. The molecule has 9 aromatic carbocycles. The summed E-state index contributed by atoms with van der Waals surface area (Å²) in [5, 5.41) is 17.8. The summed E-state index contributed by atoms with van der Waals surface area (Å²) in [7, 11) is 0. The Morgan fingerprint density at radius 3 is 1.54 bits per heavy atom. The SMILES string of the molecule is c1cnc2c(c1)ccc1ccc(-c3ccc(-c4cc5cccc6c7cccc8ccc9cccc(c%10cccc4c%10c56)c9c87)cc3)nc12. The van der Waals surface area contributed by atoms with Gasteiger partial charge in [-0.1, -0.05) is 133 Å². The van der Waals surface area contributed by atoms with Gasteiger partial charge in [0.15, 0.2) is 0 Å². The number of fused-ring (bicyclic) bond motifs is 5. The second-order valence-corrected chi connectivity index (χ2v) is 12.9. The summed E-state index contributed by atoms with van der Waals surface area (Å²) < 4.78 is 0. The van der Waals surface area contributed by atoms with Gasteiger partial charge in [-0.25, -0.2) is 4.98 Å². The number of nitrogens with zero attached hydrogens (tertiary/aromatic N) is 2. The molecule has 0 aliphatic rings. The van der Waals surface area contributed by atoms with Crippen molar-refractivity contribution in [1.82, 2.24) is 9.97 Å². The van der Waals surface area contributed by atoms with E-state index in [0.717, 1.165) is 33.1 Å². The molecule has 0 saturated carbocycles. The minimum atomic E-state index is 0.937. The molecule has 48 heavy (non-hydrogen) atoms. The van der Waals surface area contributed by atoms with Gasteiger partial charge < -0.3 is 0 Å². The molecule has 2 aromatic heterocycles. The second-order valence-electron chi connectivity index (χ2n) is 12.9. The molecule has 11 aromatic rings. The fourth-order valence-corrected chi connectivity index (χ4v) is 8.25. The Bertz CT molecular complexity index is 3100. The van der Waals surface area contributed by atoms with Crippen LogP contribution in [0.2, 0.25) is 0 Å². The van der Waals surface area contributed by atoms with Crippen molar-refractivity contribution < 1.29 is 0 Å². The summed E-state index contributed by atoms with van der Waals surface area (Å²) in [4.78, 5) is 9.76. The lowest BCUT2D eigenvalue weighted by Crippen LogP contribution is -1.91. The third-order valence-electron chi connectivity index (χ3n) is 10.4. The molecule has 0 fully saturated rings. The fraction of sp³-hybridized carbons (Fsp3) is 0. The first kappa shape index (κ1) is 25.8. The van der Waals surface area contributed by atoms with Gasteiger partial charge in [0, 0.05) is 22.5 Å². The molecular formula is C46H26N2. The van der Waals surface area contributed by atoms with E-state index in [0.29, 0.717) is 0 Å². The van der Waals surface area contributed by atoms with Crippen LogP contribution in [0.25, 0.3) is 109 Å². The maximum Gasteiger partial charge on any atom is 0.0972 e. The monoisotopic (exact) mass is 606 g/mol. The summed E-state index contributed by atoms with van der Waals surface area (Å²) in [5.41, 5.74) is 6.35. The highest BCUT2D eigenvalue weighted by Crippen LogP contribution is 2.45. The van der Waals surface area contributed by atoms with E-state index < -0.39 is 0 Å². The molecule has 11 rings (SSSR count). The summed E-state index contributed by atoms with van der Waals surface area (Å²) >= 11 is 0. The van der Waals surface area contributed by atoms with Crippen molar-refractivity contribution in [2.45, 2.75) is 0 Å². The van der Waals surface area contributed by atoms with Crippen LogP contribution in [0.15, 0.2) is 158 Å². The van der Waals surface area contributed by atoms with E-state index in [9.17, 15) is 0 Å². The van der Waals surface area contributed by atoms with Gasteiger partial charge in [0.2, 0.25) is 0 Å². The predicted octanol–water partition coefficient (Wildman–Crippen LogP) is 12.5. The van der Waals surface area contributed by atoms with Gasteiger partial charge in [-0.15, -0.1) is 0 Å². The lowest BCUT2D eigenvalue weighted by Gasteiger charge is -2.18. The zero-order chi connectivity index (χ0) is 31.3. The minimum Gasteiger partial charge on any atom is -0.254 e. The van der Waals surface area contributed by atoms with Crippen LogP contribution < -0.4 is 0 Å². The number of rotatable bonds is 2. The van der Waals surface area contributed by atoms with Gasteiger partial charge in [-0.05, 0) is 94.0 Å². The molecule has 0 unspecified atom stereocenters. The normalized spacial score (nSPS) is 12.2. The van der Waals surface area contributed by atoms with Crippen molar-refractivity contribution in [3.8, 4) is 22.4 Å².